The van der Waals surface area contributed by atoms with Gasteiger partial charge in [0.2, 0.25) is 11.7 Å². The molecule has 0 unspecified atom stereocenters. The molecule has 0 atom stereocenters. The van der Waals surface area contributed by atoms with E-state index in [-0.39, 0.29) is 13.2 Å². The topological polar surface area (TPSA) is 85.2 Å². The molecule has 1 aromatic carbocycles. The lowest BCUT2D eigenvalue weighted by molar-refractivity contribution is 0.299. The van der Waals surface area contributed by atoms with E-state index in [1.807, 2.05) is 24.3 Å². The van der Waals surface area contributed by atoms with E-state index in [1.165, 1.54) is 0 Å². The lowest BCUT2D eigenvalue weighted by Gasteiger charge is -1.98. The summed E-state index contributed by atoms with van der Waals surface area (Å²) in [5.41, 5.74) is 7.34. The summed E-state index contributed by atoms with van der Waals surface area (Å²) in [6.07, 6.45) is 0.653. The van der Waals surface area contributed by atoms with Crippen LogP contribution in [0.3, 0.4) is 0 Å². The Bertz CT molecular complexity index is 451. The van der Waals surface area contributed by atoms with Crippen LogP contribution in [0.15, 0.2) is 28.8 Å². The van der Waals surface area contributed by atoms with Crippen molar-refractivity contribution in [1.29, 1.82) is 0 Å². The number of hydrogen-bond donors (Lipinski definition) is 2. The molecule has 1 aromatic heterocycles. The first-order chi connectivity index (χ1) is 7.83. The fourth-order valence-corrected chi connectivity index (χ4v) is 1.40. The van der Waals surface area contributed by atoms with Gasteiger partial charge in [-0.3, -0.25) is 0 Å². The highest BCUT2D eigenvalue weighted by molar-refractivity contribution is 5.54. The first-order valence-corrected chi connectivity index (χ1v) is 5.06. The highest BCUT2D eigenvalue weighted by Crippen LogP contribution is 2.16. The van der Waals surface area contributed by atoms with Crippen LogP contribution in [0.5, 0.6) is 0 Å². The molecule has 0 fully saturated rings. The zero-order chi connectivity index (χ0) is 11.4. The molecule has 0 aliphatic heterocycles. The van der Waals surface area contributed by atoms with Gasteiger partial charge in [-0.2, -0.15) is 4.98 Å². The molecule has 0 saturated carbocycles. The minimum Gasteiger partial charge on any atom is -0.396 e. The highest BCUT2D eigenvalue weighted by Gasteiger charge is 2.06. The summed E-state index contributed by atoms with van der Waals surface area (Å²) in [5, 5.41) is 12.6. The SMILES string of the molecule is NCc1nc(-c2ccc(CCO)cc2)no1. The average Bonchev–Trinajstić information content (AvgIpc) is 2.79. The van der Waals surface area contributed by atoms with E-state index in [9.17, 15) is 0 Å². The van der Waals surface area contributed by atoms with E-state index in [0.29, 0.717) is 18.1 Å². The van der Waals surface area contributed by atoms with E-state index in [1.54, 1.807) is 0 Å². The van der Waals surface area contributed by atoms with Gasteiger partial charge in [0.15, 0.2) is 0 Å². The van der Waals surface area contributed by atoms with Crippen LogP contribution in [0, 0.1) is 0 Å². The van der Waals surface area contributed by atoms with Crippen molar-refractivity contribution in [2.24, 2.45) is 5.73 Å². The average molecular weight is 219 g/mol. The zero-order valence-corrected chi connectivity index (χ0v) is 8.76. The minimum absolute atomic E-state index is 0.152. The number of rotatable bonds is 4. The molecule has 2 rings (SSSR count). The second kappa shape index (κ2) is 4.87. The van der Waals surface area contributed by atoms with Gasteiger partial charge in [-0.15, -0.1) is 0 Å². The number of nitrogens with zero attached hydrogens (tertiary/aromatic N) is 2. The Hall–Kier alpha value is -1.72. The third kappa shape index (κ3) is 2.26. The third-order valence-electron chi connectivity index (χ3n) is 2.26. The van der Waals surface area contributed by atoms with Crippen molar-refractivity contribution in [1.82, 2.24) is 10.1 Å². The van der Waals surface area contributed by atoms with Crippen LogP contribution in [0.4, 0.5) is 0 Å². The first kappa shape index (κ1) is 10.8. The van der Waals surface area contributed by atoms with E-state index >= 15 is 0 Å². The molecule has 5 heteroatoms. The van der Waals surface area contributed by atoms with Gasteiger partial charge in [-0.05, 0) is 12.0 Å². The summed E-state index contributed by atoms with van der Waals surface area (Å²) in [6, 6.07) is 7.67. The molecule has 16 heavy (non-hydrogen) atoms. The number of hydrogen-bond acceptors (Lipinski definition) is 5. The van der Waals surface area contributed by atoms with Crippen LogP contribution in [-0.4, -0.2) is 21.9 Å². The summed E-state index contributed by atoms with van der Waals surface area (Å²) in [5.74, 6) is 0.963. The van der Waals surface area contributed by atoms with Crippen LogP contribution >= 0.6 is 0 Å². The molecule has 0 spiro atoms. The number of aliphatic hydroxyl groups is 1. The van der Waals surface area contributed by atoms with E-state index in [0.717, 1.165) is 11.1 Å². The van der Waals surface area contributed by atoms with Crippen LogP contribution in [0.25, 0.3) is 11.4 Å². The molecule has 0 aliphatic carbocycles. The van der Waals surface area contributed by atoms with Gasteiger partial charge in [0.1, 0.15) is 0 Å². The van der Waals surface area contributed by atoms with Gasteiger partial charge in [-0.25, -0.2) is 0 Å². The Kier molecular flexibility index (Phi) is 3.28. The summed E-state index contributed by atoms with van der Waals surface area (Å²) in [7, 11) is 0. The lowest BCUT2D eigenvalue weighted by Crippen LogP contribution is -1.95. The molecule has 0 saturated heterocycles. The monoisotopic (exact) mass is 219 g/mol. The van der Waals surface area contributed by atoms with Crippen LogP contribution in [-0.2, 0) is 13.0 Å². The number of aromatic nitrogens is 2. The molecule has 0 radical (unpaired) electrons. The van der Waals surface area contributed by atoms with Crippen molar-refractivity contribution in [3.8, 4) is 11.4 Å². The van der Waals surface area contributed by atoms with Gasteiger partial charge in [0.05, 0.1) is 6.54 Å². The molecule has 0 bridgehead atoms. The first-order valence-electron chi connectivity index (χ1n) is 5.06. The Balaban J connectivity index is 2.20. The third-order valence-corrected chi connectivity index (χ3v) is 2.26. The maximum absolute atomic E-state index is 8.79. The van der Waals surface area contributed by atoms with Crippen LogP contribution < -0.4 is 5.73 Å². The maximum Gasteiger partial charge on any atom is 0.240 e. The van der Waals surface area contributed by atoms with Crippen molar-refractivity contribution in [2.75, 3.05) is 6.61 Å². The Morgan fingerprint density at radius 3 is 2.56 bits per heavy atom. The van der Waals surface area contributed by atoms with E-state index in [4.69, 9.17) is 15.4 Å². The Morgan fingerprint density at radius 2 is 2.00 bits per heavy atom. The molecule has 2 aromatic rings. The summed E-state index contributed by atoms with van der Waals surface area (Å²) >= 11 is 0. The number of aliphatic hydroxyl groups excluding tert-OH is 1. The van der Waals surface area contributed by atoms with Gasteiger partial charge in [0.25, 0.3) is 0 Å². The van der Waals surface area contributed by atoms with Gasteiger partial charge in [0, 0.05) is 12.2 Å². The van der Waals surface area contributed by atoms with Crippen molar-refractivity contribution >= 4 is 0 Å². The Labute approximate surface area is 92.9 Å². The lowest BCUT2D eigenvalue weighted by atomic mass is 10.1. The van der Waals surface area contributed by atoms with Crippen molar-refractivity contribution in [3.05, 3.63) is 35.7 Å². The summed E-state index contributed by atoms with van der Waals surface area (Å²) < 4.78 is 4.92. The van der Waals surface area contributed by atoms with Gasteiger partial charge >= 0.3 is 0 Å². The van der Waals surface area contributed by atoms with E-state index < -0.39 is 0 Å². The van der Waals surface area contributed by atoms with Crippen molar-refractivity contribution in [2.45, 2.75) is 13.0 Å². The molecule has 84 valence electrons. The summed E-state index contributed by atoms with van der Waals surface area (Å²) in [4.78, 5) is 4.12. The smallest absolute Gasteiger partial charge is 0.240 e. The van der Waals surface area contributed by atoms with Crippen LogP contribution in [0.1, 0.15) is 11.5 Å². The second-order valence-corrected chi connectivity index (χ2v) is 3.39. The molecule has 1 heterocycles. The summed E-state index contributed by atoms with van der Waals surface area (Å²) in [6.45, 7) is 0.397. The predicted molar refractivity (Wildman–Crippen MR) is 58.4 cm³/mol. The van der Waals surface area contributed by atoms with Gasteiger partial charge in [-0.1, -0.05) is 29.4 Å². The van der Waals surface area contributed by atoms with Crippen molar-refractivity contribution in [3.63, 3.8) is 0 Å². The van der Waals surface area contributed by atoms with Gasteiger partial charge < -0.3 is 15.4 Å². The molecular weight excluding hydrogens is 206 g/mol. The van der Waals surface area contributed by atoms with E-state index in [2.05, 4.69) is 10.1 Å². The minimum atomic E-state index is 0.152. The fourth-order valence-electron chi connectivity index (χ4n) is 1.40. The number of benzene rings is 1. The Morgan fingerprint density at radius 1 is 1.25 bits per heavy atom. The molecular formula is C11H13N3O2. The van der Waals surface area contributed by atoms with Crippen molar-refractivity contribution < 1.29 is 9.63 Å². The van der Waals surface area contributed by atoms with Crippen LogP contribution in [0.2, 0.25) is 0 Å². The quantitative estimate of drug-likeness (QED) is 0.791. The zero-order valence-electron chi connectivity index (χ0n) is 8.76. The number of nitrogens with two attached hydrogens (primary N) is 1. The molecule has 5 nitrogen and oxygen atoms in total. The second-order valence-electron chi connectivity index (χ2n) is 3.39. The standard InChI is InChI=1S/C11H13N3O2/c12-7-10-13-11(14-16-10)9-3-1-8(2-4-9)5-6-15/h1-4,15H,5-7,12H2. The normalized spacial score (nSPS) is 10.6. The molecule has 3 N–H and O–H groups in total. The largest absolute Gasteiger partial charge is 0.396 e. The maximum atomic E-state index is 8.79. The highest BCUT2D eigenvalue weighted by atomic mass is 16.5. The molecule has 0 amide bonds. The molecule has 0 aliphatic rings. The fraction of sp³-hybridized carbons (Fsp3) is 0.273. The predicted octanol–water partition coefficient (Wildman–Crippen LogP) is 0.730.